The average molecular weight is 371 g/mol. The average Bonchev–Trinajstić information content (AvgIpc) is 2.62. The number of rotatable bonds is 9. The minimum absolute atomic E-state index is 0.0298. The van der Waals surface area contributed by atoms with Crippen LogP contribution in [0.15, 0.2) is 18.2 Å². The SMILES string of the molecule is CCOc1cc(CN(C)CCC(=O)N2CCNCC2)ccc1OC(F)F. The maximum Gasteiger partial charge on any atom is 0.387 e. The molecule has 8 heteroatoms. The van der Waals surface area contributed by atoms with E-state index in [2.05, 4.69) is 10.1 Å². The lowest BCUT2D eigenvalue weighted by molar-refractivity contribution is -0.132. The first-order chi connectivity index (χ1) is 12.5. The number of nitrogens with zero attached hydrogens (tertiary/aromatic N) is 2. The minimum Gasteiger partial charge on any atom is -0.490 e. The van der Waals surface area contributed by atoms with Crippen LogP contribution >= 0.6 is 0 Å². The summed E-state index contributed by atoms with van der Waals surface area (Å²) in [5, 5.41) is 3.23. The van der Waals surface area contributed by atoms with E-state index in [4.69, 9.17) is 4.74 Å². The third kappa shape index (κ3) is 6.42. The fourth-order valence-electron chi connectivity index (χ4n) is 2.86. The van der Waals surface area contributed by atoms with Crippen molar-refractivity contribution in [1.29, 1.82) is 0 Å². The summed E-state index contributed by atoms with van der Waals surface area (Å²) in [6, 6.07) is 4.93. The topological polar surface area (TPSA) is 54.0 Å². The molecule has 0 radical (unpaired) electrons. The van der Waals surface area contributed by atoms with E-state index >= 15 is 0 Å². The van der Waals surface area contributed by atoms with Crippen molar-refractivity contribution >= 4 is 5.91 Å². The van der Waals surface area contributed by atoms with Crippen molar-refractivity contribution in [3.8, 4) is 11.5 Å². The summed E-state index contributed by atoms with van der Waals surface area (Å²) >= 11 is 0. The fraction of sp³-hybridized carbons (Fsp3) is 0.611. The van der Waals surface area contributed by atoms with E-state index in [1.807, 2.05) is 16.8 Å². The number of carbonyl (C=O) groups excluding carboxylic acids is 1. The Labute approximate surface area is 153 Å². The van der Waals surface area contributed by atoms with Crippen molar-refractivity contribution in [2.24, 2.45) is 0 Å². The molecule has 1 amide bonds. The highest BCUT2D eigenvalue weighted by atomic mass is 19.3. The lowest BCUT2D eigenvalue weighted by atomic mass is 10.2. The lowest BCUT2D eigenvalue weighted by Crippen LogP contribution is -2.47. The van der Waals surface area contributed by atoms with Crippen LogP contribution in [0.2, 0.25) is 0 Å². The molecule has 0 aromatic heterocycles. The first-order valence-electron chi connectivity index (χ1n) is 8.87. The monoisotopic (exact) mass is 371 g/mol. The number of amides is 1. The Bertz CT molecular complexity index is 581. The van der Waals surface area contributed by atoms with Crippen molar-refractivity contribution in [2.45, 2.75) is 26.5 Å². The van der Waals surface area contributed by atoms with E-state index in [1.165, 1.54) is 6.07 Å². The van der Waals surface area contributed by atoms with Crippen molar-refractivity contribution < 1.29 is 23.0 Å². The molecule has 1 fully saturated rings. The van der Waals surface area contributed by atoms with Crippen LogP contribution in [0.1, 0.15) is 18.9 Å². The van der Waals surface area contributed by atoms with Gasteiger partial charge in [0.1, 0.15) is 0 Å². The Morgan fingerprint density at radius 2 is 2.04 bits per heavy atom. The third-order valence-corrected chi connectivity index (χ3v) is 4.15. The van der Waals surface area contributed by atoms with Crippen LogP contribution in [-0.4, -0.2) is 68.7 Å². The summed E-state index contributed by atoms with van der Waals surface area (Å²) in [7, 11) is 1.93. The molecule has 1 aromatic carbocycles. The molecule has 0 bridgehead atoms. The largest absolute Gasteiger partial charge is 0.490 e. The Morgan fingerprint density at radius 3 is 2.69 bits per heavy atom. The Morgan fingerprint density at radius 1 is 1.31 bits per heavy atom. The van der Waals surface area contributed by atoms with Crippen molar-refractivity contribution in [3.05, 3.63) is 23.8 Å². The maximum absolute atomic E-state index is 12.5. The van der Waals surface area contributed by atoms with Crippen molar-refractivity contribution in [3.63, 3.8) is 0 Å². The normalized spacial score (nSPS) is 14.8. The van der Waals surface area contributed by atoms with Crippen LogP contribution in [0.25, 0.3) is 0 Å². The van der Waals surface area contributed by atoms with Crippen LogP contribution in [0.3, 0.4) is 0 Å². The lowest BCUT2D eigenvalue weighted by Gasteiger charge is -2.28. The molecule has 1 aliphatic heterocycles. The molecule has 2 rings (SSSR count). The molecule has 1 N–H and O–H groups in total. The number of carbonyl (C=O) groups is 1. The second-order valence-corrected chi connectivity index (χ2v) is 6.21. The van der Waals surface area contributed by atoms with Gasteiger partial charge in [-0.15, -0.1) is 0 Å². The van der Waals surface area contributed by atoms with E-state index in [1.54, 1.807) is 19.1 Å². The number of hydrogen-bond donors (Lipinski definition) is 1. The number of halogens is 2. The van der Waals surface area contributed by atoms with Crippen molar-refractivity contribution in [2.75, 3.05) is 46.4 Å². The van der Waals surface area contributed by atoms with E-state index < -0.39 is 6.61 Å². The molecule has 0 aliphatic carbocycles. The van der Waals surface area contributed by atoms with E-state index in [9.17, 15) is 13.6 Å². The first kappa shape index (κ1) is 20.4. The zero-order valence-electron chi connectivity index (χ0n) is 15.3. The van der Waals surface area contributed by atoms with Gasteiger partial charge in [0.2, 0.25) is 5.91 Å². The van der Waals surface area contributed by atoms with Gasteiger partial charge in [0.25, 0.3) is 0 Å². The van der Waals surface area contributed by atoms with E-state index in [0.717, 1.165) is 31.7 Å². The molecule has 26 heavy (non-hydrogen) atoms. The van der Waals surface area contributed by atoms with Crippen LogP contribution in [0.5, 0.6) is 11.5 Å². The summed E-state index contributed by atoms with van der Waals surface area (Å²) in [5.41, 5.74) is 0.909. The molecule has 1 aliphatic rings. The molecule has 0 atom stereocenters. The highest BCUT2D eigenvalue weighted by molar-refractivity contribution is 5.76. The van der Waals surface area contributed by atoms with Gasteiger partial charge in [0, 0.05) is 45.7 Å². The minimum atomic E-state index is -2.89. The second kappa shape index (κ2) is 10.3. The van der Waals surface area contributed by atoms with Crippen LogP contribution in [0, 0.1) is 0 Å². The highest BCUT2D eigenvalue weighted by Gasteiger charge is 2.17. The van der Waals surface area contributed by atoms with E-state index in [-0.39, 0.29) is 11.7 Å². The maximum atomic E-state index is 12.5. The fourth-order valence-corrected chi connectivity index (χ4v) is 2.86. The Hall–Kier alpha value is -1.93. The summed E-state index contributed by atoms with van der Waals surface area (Å²) in [6.07, 6.45) is 0.460. The quantitative estimate of drug-likeness (QED) is 0.719. The second-order valence-electron chi connectivity index (χ2n) is 6.21. The van der Waals surface area contributed by atoms with Crippen LogP contribution in [-0.2, 0) is 11.3 Å². The number of ether oxygens (including phenoxy) is 2. The first-order valence-corrected chi connectivity index (χ1v) is 8.87. The zero-order valence-corrected chi connectivity index (χ0v) is 15.3. The highest BCUT2D eigenvalue weighted by Crippen LogP contribution is 2.30. The van der Waals surface area contributed by atoms with Crippen LogP contribution in [0.4, 0.5) is 8.78 Å². The Balaban J connectivity index is 1.88. The van der Waals surface area contributed by atoms with Gasteiger partial charge < -0.3 is 24.6 Å². The summed E-state index contributed by atoms with van der Waals surface area (Å²) in [5.74, 6) is 0.492. The van der Waals surface area contributed by atoms with Crippen LogP contribution < -0.4 is 14.8 Å². The van der Waals surface area contributed by atoms with Gasteiger partial charge in [0.15, 0.2) is 11.5 Å². The smallest absolute Gasteiger partial charge is 0.387 e. The zero-order chi connectivity index (χ0) is 18.9. The van der Waals surface area contributed by atoms with Gasteiger partial charge in [0.05, 0.1) is 6.61 Å². The predicted molar refractivity (Wildman–Crippen MR) is 94.6 cm³/mol. The van der Waals surface area contributed by atoms with Gasteiger partial charge in [-0.05, 0) is 31.7 Å². The molecule has 146 valence electrons. The molecule has 1 saturated heterocycles. The molecule has 6 nitrogen and oxygen atoms in total. The molecule has 0 unspecified atom stereocenters. The van der Waals surface area contributed by atoms with Gasteiger partial charge in [-0.3, -0.25) is 4.79 Å². The predicted octanol–water partition coefficient (Wildman–Crippen LogP) is 1.94. The van der Waals surface area contributed by atoms with Crippen molar-refractivity contribution in [1.82, 2.24) is 15.1 Å². The Kier molecular flexibility index (Phi) is 8.06. The summed E-state index contributed by atoms with van der Waals surface area (Å²) in [6.45, 7) is 3.66. The number of piperazine rings is 1. The molecular weight excluding hydrogens is 344 g/mol. The molecule has 1 heterocycles. The van der Waals surface area contributed by atoms with Gasteiger partial charge in [-0.1, -0.05) is 6.07 Å². The molecule has 0 saturated carbocycles. The van der Waals surface area contributed by atoms with Gasteiger partial charge >= 0.3 is 6.61 Å². The number of benzene rings is 1. The molecular formula is C18H27F2N3O3. The molecule has 0 spiro atoms. The number of nitrogens with one attached hydrogen (secondary N) is 1. The summed E-state index contributed by atoms with van der Waals surface area (Å²) in [4.78, 5) is 16.1. The summed E-state index contributed by atoms with van der Waals surface area (Å²) < 4.78 is 34.8. The van der Waals surface area contributed by atoms with Gasteiger partial charge in [-0.25, -0.2) is 0 Å². The number of alkyl halides is 2. The number of hydrogen-bond acceptors (Lipinski definition) is 5. The molecule has 1 aromatic rings. The third-order valence-electron chi connectivity index (χ3n) is 4.15. The van der Waals surface area contributed by atoms with Gasteiger partial charge in [-0.2, -0.15) is 8.78 Å². The van der Waals surface area contributed by atoms with E-state index in [0.29, 0.717) is 31.9 Å². The standard InChI is InChI=1S/C18H27F2N3O3/c1-3-25-16-12-14(4-5-15(16)26-18(19)20)13-22(2)9-6-17(24)23-10-7-21-8-11-23/h4-5,12,18,21H,3,6-11,13H2,1-2H3.